The third-order valence-electron chi connectivity index (χ3n) is 3.35. The summed E-state index contributed by atoms with van der Waals surface area (Å²) in [7, 11) is 2.79. The molecule has 0 radical (unpaired) electrons. The Kier molecular flexibility index (Phi) is 3.87. The molecule has 0 saturated carbocycles. The van der Waals surface area contributed by atoms with Gasteiger partial charge in [-0.3, -0.25) is 14.5 Å². The van der Waals surface area contributed by atoms with Crippen molar-refractivity contribution in [2.75, 3.05) is 20.9 Å². The van der Waals surface area contributed by atoms with Gasteiger partial charge in [-0.2, -0.15) is 0 Å². The number of rotatable bonds is 4. The summed E-state index contributed by atoms with van der Waals surface area (Å²) >= 11 is 0. The van der Waals surface area contributed by atoms with Gasteiger partial charge >= 0.3 is 6.03 Å². The maximum atomic E-state index is 12.2. The van der Waals surface area contributed by atoms with E-state index in [1.54, 1.807) is 13.8 Å². The lowest BCUT2D eigenvalue weighted by Gasteiger charge is -2.41. The first kappa shape index (κ1) is 13.6. The molecule has 0 unspecified atom stereocenters. The molecule has 0 spiro atoms. The molecule has 6 nitrogen and oxygen atoms in total. The third-order valence-corrected chi connectivity index (χ3v) is 3.35. The fourth-order valence-corrected chi connectivity index (χ4v) is 2.12. The van der Waals surface area contributed by atoms with Gasteiger partial charge in [0.05, 0.1) is 0 Å². The van der Waals surface area contributed by atoms with E-state index in [0.29, 0.717) is 12.8 Å². The summed E-state index contributed by atoms with van der Waals surface area (Å²) in [5.74, 6) is -0.887. The molecule has 0 aromatic heterocycles. The average molecular weight is 242 g/mol. The second-order valence-corrected chi connectivity index (χ2v) is 4.09. The van der Waals surface area contributed by atoms with Crippen LogP contribution >= 0.6 is 0 Å². The van der Waals surface area contributed by atoms with Crippen LogP contribution in [0.5, 0.6) is 0 Å². The largest absolute Gasteiger partial charge is 0.364 e. The number of ether oxygens (including phenoxy) is 1. The molecule has 96 valence electrons. The van der Waals surface area contributed by atoms with E-state index in [2.05, 4.69) is 0 Å². The van der Waals surface area contributed by atoms with Crippen molar-refractivity contribution in [2.45, 2.75) is 26.7 Å². The van der Waals surface area contributed by atoms with Crippen molar-refractivity contribution in [1.82, 2.24) is 9.80 Å². The maximum Gasteiger partial charge on any atom is 0.335 e. The van der Waals surface area contributed by atoms with Crippen molar-refractivity contribution >= 4 is 17.8 Å². The van der Waals surface area contributed by atoms with Crippen molar-refractivity contribution in [3.8, 4) is 0 Å². The first-order chi connectivity index (χ1) is 7.96. The average Bonchev–Trinajstić information content (AvgIpc) is 2.34. The summed E-state index contributed by atoms with van der Waals surface area (Å²) in [5.41, 5.74) is -1.12. The molecular formula is C11H18N2O4. The van der Waals surface area contributed by atoms with Gasteiger partial charge in [-0.15, -0.1) is 0 Å². The number of amides is 4. The predicted molar refractivity (Wildman–Crippen MR) is 59.9 cm³/mol. The summed E-state index contributed by atoms with van der Waals surface area (Å²) in [4.78, 5) is 38.1. The summed E-state index contributed by atoms with van der Waals surface area (Å²) in [6.45, 7) is 3.42. The molecule has 1 rings (SSSR count). The summed E-state index contributed by atoms with van der Waals surface area (Å²) < 4.78 is 4.83. The standard InChI is InChI=1S/C11H18N2O4/c1-5-11(6-2)8(14)12(3)10(16)13(7-17-4)9(11)15/h5-7H2,1-4H3. The minimum Gasteiger partial charge on any atom is -0.364 e. The number of hydrogen-bond acceptors (Lipinski definition) is 4. The Balaban J connectivity index is 3.20. The maximum absolute atomic E-state index is 12.2. The molecule has 0 N–H and O–H groups in total. The predicted octanol–water partition coefficient (Wildman–Crippen LogP) is 0.817. The molecule has 1 saturated heterocycles. The highest BCUT2D eigenvalue weighted by Crippen LogP contribution is 2.35. The number of urea groups is 1. The highest BCUT2D eigenvalue weighted by molar-refractivity contribution is 6.18. The van der Waals surface area contributed by atoms with Crippen LogP contribution in [0.3, 0.4) is 0 Å². The molecule has 6 heteroatoms. The normalized spacial score (nSPS) is 20.1. The van der Waals surface area contributed by atoms with Crippen LogP contribution in [0, 0.1) is 5.41 Å². The molecule has 0 aromatic carbocycles. The van der Waals surface area contributed by atoms with E-state index < -0.39 is 23.3 Å². The molecule has 0 atom stereocenters. The van der Waals surface area contributed by atoms with Crippen LogP contribution in [0.1, 0.15) is 26.7 Å². The second-order valence-electron chi connectivity index (χ2n) is 4.09. The van der Waals surface area contributed by atoms with Gasteiger partial charge in [0.15, 0.2) is 0 Å². The Labute approximate surface area is 101 Å². The highest BCUT2D eigenvalue weighted by atomic mass is 16.5. The van der Waals surface area contributed by atoms with E-state index in [0.717, 1.165) is 9.80 Å². The van der Waals surface area contributed by atoms with Gasteiger partial charge in [-0.05, 0) is 12.8 Å². The monoisotopic (exact) mass is 242 g/mol. The smallest absolute Gasteiger partial charge is 0.335 e. The Morgan fingerprint density at radius 1 is 1.12 bits per heavy atom. The molecule has 17 heavy (non-hydrogen) atoms. The Morgan fingerprint density at radius 2 is 1.65 bits per heavy atom. The molecule has 0 aliphatic carbocycles. The topological polar surface area (TPSA) is 66.9 Å². The van der Waals surface area contributed by atoms with Crippen molar-refractivity contribution in [3.63, 3.8) is 0 Å². The molecular weight excluding hydrogens is 224 g/mol. The molecule has 0 aromatic rings. The zero-order valence-corrected chi connectivity index (χ0v) is 10.6. The molecule has 1 heterocycles. The fraction of sp³-hybridized carbons (Fsp3) is 0.727. The molecule has 0 bridgehead atoms. The Hall–Kier alpha value is -1.43. The van der Waals surface area contributed by atoms with Crippen LogP contribution in [0.25, 0.3) is 0 Å². The van der Waals surface area contributed by atoms with Gasteiger partial charge in [0.1, 0.15) is 12.1 Å². The summed E-state index contributed by atoms with van der Waals surface area (Å²) in [6, 6.07) is -0.626. The zero-order chi connectivity index (χ0) is 13.2. The van der Waals surface area contributed by atoms with Crippen LogP contribution in [0.4, 0.5) is 4.79 Å². The number of hydrogen-bond donors (Lipinski definition) is 0. The second kappa shape index (κ2) is 4.83. The minimum atomic E-state index is -1.12. The van der Waals surface area contributed by atoms with Gasteiger partial charge in [-0.1, -0.05) is 13.8 Å². The lowest BCUT2D eigenvalue weighted by Crippen LogP contribution is -2.64. The van der Waals surface area contributed by atoms with Gasteiger partial charge < -0.3 is 4.74 Å². The van der Waals surface area contributed by atoms with E-state index in [9.17, 15) is 14.4 Å². The highest BCUT2D eigenvalue weighted by Gasteiger charge is 2.54. The van der Waals surface area contributed by atoms with Crippen LogP contribution in [0.15, 0.2) is 0 Å². The molecule has 1 fully saturated rings. The molecule has 1 aliphatic heterocycles. The number of barbiturate groups is 1. The van der Waals surface area contributed by atoms with E-state index in [4.69, 9.17) is 4.74 Å². The van der Waals surface area contributed by atoms with Crippen LogP contribution in [-0.4, -0.2) is 48.5 Å². The number of imide groups is 2. The van der Waals surface area contributed by atoms with E-state index in [1.807, 2.05) is 0 Å². The van der Waals surface area contributed by atoms with Gasteiger partial charge in [0.25, 0.3) is 0 Å². The Morgan fingerprint density at radius 3 is 2.06 bits per heavy atom. The van der Waals surface area contributed by atoms with Crippen molar-refractivity contribution < 1.29 is 19.1 Å². The van der Waals surface area contributed by atoms with Crippen molar-refractivity contribution in [2.24, 2.45) is 5.41 Å². The van der Waals surface area contributed by atoms with Gasteiger partial charge in [-0.25, -0.2) is 9.69 Å². The summed E-state index contributed by atoms with van der Waals surface area (Å²) in [5, 5.41) is 0. The number of methoxy groups -OCH3 is 1. The lowest BCUT2D eigenvalue weighted by atomic mass is 9.78. The number of carbonyl (C=O) groups excluding carboxylic acids is 3. The SMILES string of the molecule is CCC1(CC)C(=O)N(C)C(=O)N(COC)C1=O. The first-order valence-electron chi connectivity index (χ1n) is 5.59. The summed E-state index contributed by atoms with van der Waals surface area (Å²) in [6.07, 6.45) is 0.748. The van der Waals surface area contributed by atoms with Gasteiger partial charge in [0.2, 0.25) is 11.8 Å². The van der Waals surface area contributed by atoms with E-state index in [-0.39, 0.29) is 6.73 Å². The van der Waals surface area contributed by atoms with E-state index >= 15 is 0 Å². The van der Waals surface area contributed by atoms with Crippen LogP contribution < -0.4 is 0 Å². The Bertz CT molecular complexity index is 349. The molecule has 4 amide bonds. The third kappa shape index (κ3) is 1.82. The van der Waals surface area contributed by atoms with Crippen LogP contribution in [0.2, 0.25) is 0 Å². The lowest BCUT2D eigenvalue weighted by molar-refractivity contribution is -0.161. The van der Waals surface area contributed by atoms with Gasteiger partial charge in [0, 0.05) is 14.2 Å². The number of carbonyl (C=O) groups is 3. The van der Waals surface area contributed by atoms with Crippen molar-refractivity contribution in [3.05, 3.63) is 0 Å². The van der Waals surface area contributed by atoms with Crippen molar-refractivity contribution in [1.29, 1.82) is 0 Å². The fourth-order valence-electron chi connectivity index (χ4n) is 2.12. The molecule has 1 aliphatic rings. The zero-order valence-electron chi connectivity index (χ0n) is 10.6. The number of nitrogens with zero attached hydrogens (tertiary/aromatic N) is 2. The van der Waals surface area contributed by atoms with E-state index in [1.165, 1.54) is 14.2 Å². The first-order valence-corrected chi connectivity index (χ1v) is 5.59. The van der Waals surface area contributed by atoms with Crippen LogP contribution in [-0.2, 0) is 14.3 Å². The quantitative estimate of drug-likeness (QED) is 0.684. The minimum absolute atomic E-state index is 0.128.